The molecule has 0 saturated heterocycles. The number of benzene rings is 7. The standard InChI is InChI=1S/C61H61BN2S/c1-57(2,3)34-21-24-36(25-22-34)63-46-32-44-43(59(7,8)27-28-60(44,9)10)30-40(46)52-51-38-18-13-15-19-42(38)61(11,12)54(51)53-41-29-35(58(4,5)6)23-26-47(41)64-48-31-39-37-17-14-16-20-49(37)65-50(39)33-45(48)62-55(52)56(53)64/h13-26,29-33,62-63H,27-28H2,1-12H3. The molecule has 0 amide bonds. The maximum Gasteiger partial charge on any atom is 0.198 e. The maximum absolute atomic E-state index is 4.14. The highest BCUT2D eigenvalue weighted by molar-refractivity contribution is 7.26. The lowest BCUT2D eigenvalue weighted by molar-refractivity contribution is 0.332. The van der Waals surface area contributed by atoms with Gasteiger partial charge in [0.15, 0.2) is 7.28 Å². The molecule has 0 radical (unpaired) electrons. The molecule has 2 nitrogen and oxygen atoms in total. The molecule has 3 aliphatic rings. The fourth-order valence-electron chi connectivity index (χ4n) is 12.3. The molecule has 1 aliphatic heterocycles. The van der Waals surface area contributed by atoms with Crippen molar-refractivity contribution in [3.63, 3.8) is 0 Å². The van der Waals surface area contributed by atoms with Crippen molar-refractivity contribution in [1.82, 2.24) is 4.57 Å². The lowest BCUT2D eigenvalue weighted by Gasteiger charge is -2.42. The van der Waals surface area contributed by atoms with Crippen molar-refractivity contribution in [2.45, 2.75) is 123 Å². The zero-order valence-corrected chi connectivity index (χ0v) is 41.3. The van der Waals surface area contributed by atoms with Crippen molar-refractivity contribution in [2.75, 3.05) is 5.32 Å². The SMILES string of the molecule is CC(C)(C)c1ccc(Nc2cc3c(cc2-c2c4c(c5c6cc(C(C)(C)C)ccc6n6c5c2Bc2cc5sc7ccccc7c5cc2-6)C(C)(C)c2ccccc2-4)C(C)(C)CCC3(C)C)cc1. The summed E-state index contributed by atoms with van der Waals surface area (Å²) in [5.41, 5.74) is 23.1. The Bertz CT molecular complexity index is 3520. The molecular formula is C61H61BN2S. The average molecular weight is 865 g/mol. The zero-order chi connectivity index (χ0) is 45.3. The first kappa shape index (κ1) is 40.9. The number of hydrogen-bond acceptors (Lipinski definition) is 2. The van der Waals surface area contributed by atoms with Crippen LogP contribution in [0.4, 0.5) is 11.4 Å². The number of anilines is 2. The number of fused-ring (bicyclic) bond motifs is 13. The second kappa shape index (κ2) is 13.3. The molecule has 7 aromatic carbocycles. The Hall–Kier alpha value is -5.58. The first-order chi connectivity index (χ1) is 30.7. The van der Waals surface area contributed by atoms with Gasteiger partial charge in [0.1, 0.15) is 0 Å². The minimum Gasteiger partial charge on any atom is -0.355 e. The maximum atomic E-state index is 4.14. The highest BCUT2D eigenvalue weighted by atomic mass is 32.1. The van der Waals surface area contributed by atoms with E-state index >= 15 is 0 Å². The molecular weight excluding hydrogens is 804 g/mol. The number of rotatable bonds is 3. The molecule has 2 aromatic heterocycles. The van der Waals surface area contributed by atoms with Gasteiger partial charge in [-0.1, -0.05) is 149 Å². The van der Waals surface area contributed by atoms with Crippen molar-refractivity contribution in [1.29, 1.82) is 0 Å². The van der Waals surface area contributed by atoms with Gasteiger partial charge >= 0.3 is 0 Å². The Kier molecular flexibility index (Phi) is 8.36. The van der Waals surface area contributed by atoms with Crippen LogP contribution in [0.15, 0.2) is 115 Å². The minimum absolute atomic E-state index is 0.00223. The predicted molar refractivity (Wildman–Crippen MR) is 285 cm³/mol. The smallest absolute Gasteiger partial charge is 0.198 e. The van der Waals surface area contributed by atoms with Crippen LogP contribution in [0.5, 0.6) is 0 Å². The molecule has 0 saturated carbocycles. The first-order valence-corrected chi connectivity index (χ1v) is 24.8. The van der Waals surface area contributed by atoms with Gasteiger partial charge in [-0.3, -0.25) is 0 Å². The van der Waals surface area contributed by atoms with E-state index in [0.29, 0.717) is 0 Å². The first-order valence-electron chi connectivity index (χ1n) is 24.0. The number of nitrogens with one attached hydrogen (secondary N) is 1. The number of thiophene rings is 1. The largest absolute Gasteiger partial charge is 0.355 e. The third-order valence-corrected chi connectivity index (χ3v) is 17.3. The van der Waals surface area contributed by atoms with E-state index in [4.69, 9.17) is 0 Å². The summed E-state index contributed by atoms with van der Waals surface area (Å²) in [6.45, 7) is 28.9. The summed E-state index contributed by atoms with van der Waals surface area (Å²) in [4.78, 5) is 0. The third-order valence-electron chi connectivity index (χ3n) is 16.1. The molecule has 324 valence electrons. The number of hydrogen-bond donors (Lipinski definition) is 1. The summed E-state index contributed by atoms with van der Waals surface area (Å²) >= 11 is 1.93. The topological polar surface area (TPSA) is 17.0 Å². The molecule has 9 aromatic rings. The van der Waals surface area contributed by atoms with Gasteiger partial charge in [-0.2, -0.15) is 0 Å². The Morgan fingerprint density at radius 3 is 1.97 bits per heavy atom. The van der Waals surface area contributed by atoms with E-state index in [9.17, 15) is 0 Å². The van der Waals surface area contributed by atoms with E-state index in [1.165, 1.54) is 126 Å². The molecule has 1 N–H and O–H groups in total. The monoisotopic (exact) mass is 864 g/mol. The van der Waals surface area contributed by atoms with Gasteiger partial charge in [-0.25, -0.2) is 0 Å². The zero-order valence-electron chi connectivity index (χ0n) is 40.4. The third kappa shape index (κ3) is 5.84. The van der Waals surface area contributed by atoms with Crippen molar-refractivity contribution < 1.29 is 0 Å². The number of nitrogens with zero attached hydrogens (tertiary/aromatic N) is 1. The van der Waals surface area contributed by atoms with Gasteiger partial charge in [0.25, 0.3) is 0 Å². The summed E-state index contributed by atoms with van der Waals surface area (Å²) in [5.74, 6) is 0. The van der Waals surface area contributed by atoms with Crippen molar-refractivity contribution in [3.8, 4) is 27.9 Å². The van der Waals surface area contributed by atoms with Crippen molar-refractivity contribution in [3.05, 3.63) is 149 Å². The fourth-order valence-corrected chi connectivity index (χ4v) is 13.4. The van der Waals surface area contributed by atoms with Gasteiger partial charge in [0.05, 0.1) is 5.52 Å². The molecule has 0 unspecified atom stereocenters. The predicted octanol–water partition coefficient (Wildman–Crippen LogP) is 15.5. The minimum atomic E-state index is -0.240. The second-order valence-corrected chi connectivity index (χ2v) is 24.8. The molecule has 2 aliphatic carbocycles. The molecule has 0 spiro atoms. The quantitative estimate of drug-likeness (QED) is 0.175. The molecule has 65 heavy (non-hydrogen) atoms. The summed E-state index contributed by atoms with van der Waals surface area (Å²) in [7, 11) is 0.857. The van der Waals surface area contributed by atoms with Crippen LogP contribution in [-0.2, 0) is 27.1 Å². The lowest BCUT2D eigenvalue weighted by Crippen LogP contribution is -2.38. The molecule has 0 atom stereocenters. The van der Waals surface area contributed by atoms with E-state index in [-0.39, 0.29) is 27.1 Å². The van der Waals surface area contributed by atoms with Crippen LogP contribution in [0.3, 0.4) is 0 Å². The van der Waals surface area contributed by atoms with E-state index in [1.807, 2.05) is 11.3 Å². The van der Waals surface area contributed by atoms with Gasteiger partial charge in [0, 0.05) is 64.5 Å². The van der Waals surface area contributed by atoms with Crippen LogP contribution < -0.4 is 16.2 Å². The molecule has 0 bridgehead atoms. The van der Waals surface area contributed by atoms with Gasteiger partial charge in [-0.05, 0) is 145 Å². The van der Waals surface area contributed by atoms with Gasteiger partial charge in [0.2, 0.25) is 0 Å². The van der Waals surface area contributed by atoms with Gasteiger partial charge in [-0.15, -0.1) is 11.3 Å². The van der Waals surface area contributed by atoms with E-state index < -0.39 is 0 Å². The molecule has 4 heteroatoms. The highest BCUT2D eigenvalue weighted by Gasteiger charge is 2.44. The van der Waals surface area contributed by atoms with Crippen LogP contribution in [0, 0.1) is 0 Å². The van der Waals surface area contributed by atoms with Crippen LogP contribution in [-0.4, -0.2) is 11.8 Å². The van der Waals surface area contributed by atoms with Crippen molar-refractivity contribution >= 4 is 82.9 Å². The van der Waals surface area contributed by atoms with Crippen LogP contribution in [0.2, 0.25) is 0 Å². The fraction of sp³-hybridized carbons (Fsp3) is 0.311. The van der Waals surface area contributed by atoms with Crippen LogP contribution in [0.1, 0.15) is 129 Å². The summed E-state index contributed by atoms with van der Waals surface area (Å²) in [6, 6.07) is 45.3. The lowest BCUT2D eigenvalue weighted by atomic mass is 9.57. The summed E-state index contributed by atoms with van der Waals surface area (Å²) < 4.78 is 5.41. The Balaban J connectivity index is 1.27. The Morgan fingerprint density at radius 1 is 0.585 bits per heavy atom. The van der Waals surface area contributed by atoms with Crippen molar-refractivity contribution in [2.24, 2.45) is 0 Å². The summed E-state index contributed by atoms with van der Waals surface area (Å²) in [5, 5.41) is 9.63. The van der Waals surface area contributed by atoms with E-state index in [2.05, 4.69) is 208 Å². The van der Waals surface area contributed by atoms with Gasteiger partial charge < -0.3 is 9.88 Å². The normalized spacial score (nSPS) is 16.7. The summed E-state index contributed by atoms with van der Waals surface area (Å²) in [6.07, 6.45) is 2.33. The van der Waals surface area contributed by atoms with E-state index in [0.717, 1.165) is 19.4 Å². The molecule has 3 heterocycles. The van der Waals surface area contributed by atoms with Crippen LogP contribution >= 0.6 is 11.3 Å². The average Bonchev–Trinajstić information content (AvgIpc) is 3.87. The van der Waals surface area contributed by atoms with Crippen LogP contribution in [0.25, 0.3) is 69.9 Å². The Labute approximate surface area is 390 Å². The molecule has 12 rings (SSSR count). The number of aromatic nitrogens is 1. The highest BCUT2D eigenvalue weighted by Crippen LogP contribution is 2.58. The van der Waals surface area contributed by atoms with E-state index in [1.54, 1.807) is 0 Å². The second-order valence-electron chi connectivity index (χ2n) is 23.7. The molecule has 0 fully saturated rings. The Morgan fingerprint density at radius 2 is 1.25 bits per heavy atom.